The first kappa shape index (κ1) is 15.0. The second-order valence-electron chi connectivity index (χ2n) is 5.95. The number of aromatic nitrogens is 2. The molecule has 2 N–H and O–H groups in total. The fraction of sp³-hybridized carbons (Fsp3) is 0.733. The highest BCUT2D eigenvalue weighted by molar-refractivity contribution is 5.57. The SMILES string of the molecule is CCNc1nc(C)nc(NCC2(N(C)C)CCC2)c1C. The summed E-state index contributed by atoms with van der Waals surface area (Å²) < 4.78 is 0. The van der Waals surface area contributed by atoms with E-state index in [2.05, 4.69) is 53.4 Å². The van der Waals surface area contributed by atoms with Crippen LogP contribution in [0, 0.1) is 13.8 Å². The Balaban J connectivity index is 2.13. The van der Waals surface area contributed by atoms with Crippen molar-refractivity contribution in [1.82, 2.24) is 14.9 Å². The topological polar surface area (TPSA) is 53.1 Å². The van der Waals surface area contributed by atoms with Crippen molar-refractivity contribution in [3.8, 4) is 0 Å². The summed E-state index contributed by atoms with van der Waals surface area (Å²) in [6.07, 6.45) is 3.84. The van der Waals surface area contributed by atoms with Gasteiger partial charge in [-0.1, -0.05) is 0 Å². The second-order valence-corrected chi connectivity index (χ2v) is 5.95. The van der Waals surface area contributed by atoms with Gasteiger partial charge in [0.05, 0.1) is 0 Å². The van der Waals surface area contributed by atoms with Crippen LogP contribution in [0.3, 0.4) is 0 Å². The van der Waals surface area contributed by atoms with Crippen molar-refractivity contribution < 1.29 is 0 Å². The lowest BCUT2D eigenvalue weighted by molar-refractivity contribution is 0.0738. The van der Waals surface area contributed by atoms with Crippen LogP contribution in [0.25, 0.3) is 0 Å². The van der Waals surface area contributed by atoms with Crippen molar-refractivity contribution >= 4 is 11.6 Å². The average molecular weight is 277 g/mol. The molecular formula is C15H27N5. The van der Waals surface area contributed by atoms with Crippen molar-refractivity contribution in [3.05, 3.63) is 11.4 Å². The third-order valence-corrected chi connectivity index (χ3v) is 4.42. The summed E-state index contributed by atoms with van der Waals surface area (Å²) >= 11 is 0. The quantitative estimate of drug-likeness (QED) is 0.836. The second kappa shape index (κ2) is 5.95. The lowest BCUT2D eigenvalue weighted by Gasteiger charge is -2.47. The highest BCUT2D eigenvalue weighted by atomic mass is 15.2. The number of nitrogens with zero attached hydrogens (tertiary/aromatic N) is 3. The summed E-state index contributed by atoms with van der Waals surface area (Å²) in [5.74, 6) is 2.71. The predicted octanol–water partition coefficient (Wildman–Crippen LogP) is 2.42. The van der Waals surface area contributed by atoms with Gasteiger partial charge in [-0.25, -0.2) is 9.97 Å². The van der Waals surface area contributed by atoms with Gasteiger partial charge in [0.1, 0.15) is 17.5 Å². The summed E-state index contributed by atoms with van der Waals surface area (Å²) in [4.78, 5) is 11.4. The normalized spacial score (nSPS) is 16.9. The number of likely N-dealkylation sites (N-methyl/N-ethyl adjacent to an activating group) is 1. The Hall–Kier alpha value is -1.36. The molecule has 112 valence electrons. The van der Waals surface area contributed by atoms with Crippen molar-refractivity contribution in [2.45, 2.75) is 45.6 Å². The number of hydrogen-bond donors (Lipinski definition) is 2. The van der Waals surface area contributed by atoms with Gasteiger partial charge >= 0.3 is 0 Å². The minimum absolute atomic E-state index is 0.295. The van der Waals surface area contributed by atoms with E-state index in [-0.39, 0.29) is 0 Å². The molecule has 1 saturated carbocycles. The largest absolute Gasteiger partial charge is 0.370 e. The van der Waals surface area contributed by atoms with E-state index in [1.165, 1.54) is 19.3 Å². The molecule has 0 atom stereocenters. The maximum absolute atomic E-state index is 4.56. The number of nitrogens with one attached hydrogen (secondary N) is 2. The van der Waals surface area contributed by atoms with Gasteiger partial charge in [0.15, 0.2) is 0 Å². The molecule has 1 aliphatic carbocycles. The highest BCUT2D eigenvalue weighted by Crippen LogP contribution is 2.36. The van der Waals surface area contributed by atoms with Gasteiger partial charge < -0.3 is 15.5 Å². The lowest BCUT2D eigenvalue weighted by Crippen LogP contribution is -2.54. The number of hydrogen-bond acceptors (Lipinski definition) is 5. The molecule has 20 heavy (non-hydrogen) atoms. The van der Waals surface area contributed by atoms with Gasteiger partial charge in [-0.05, 0) is 54.1 Å². The van der Waals surface area contributed by atoms with Crippen LogP contribution in [0.1, 0.15) is 37.6 Å². The van der Waals surface area contributed by atoms with E-state index in [9.17, 15) is 0 Å². The van der Waals surface area contributed by atoms with E-state index in [4.69, 9.17) is 0 Å². The molecule has 1 aromatic rings. The summed E-state index contributed by atoms with van der Waals surface area (Å²) in [7, 11) is 4.34. The van der Waals surface area contributed by atoms with Gasteiger partial charge in [-0.3, -0.25) is 0 Å². The summed E-state index contributed by atoms with van der Waals surface area (Å²) in [6, 6.07) is 0. The van der Waals surface area contributed by atoms with Crippen LogP contribution in [0.5, 0.6) is 0 Å². The smallest absolute Gasteiger partial charge is 0.134 e. The van der Waals surface area contributed by atoms with Crippen molar-refractivity contribution in [2.75, 3.05) is 37.8 Å². The molecule has 1 aromatic heterocycles. The molecule has 0 bridgehead atoms. The Morgan fingerprint density at radius 3 is 2.15 bits per heavy atom. The fourth-order valence-corrected chi connectivity index (χ4v) is 2.76. The molecule has 0 unspecified atom stereocenters. The first-order chi connectivity index (χ1) is 9.48. The van der Waals surface area contributed by atoms with Crippen molar-refractivity contribution in [2.24, 2.45) is 0 Å². The van der Waals surface area contributed by atoms with Gasteiger partial charge in [0.2, 0.25) is 0 Å². The van der Waals surface area contributed by atoms with Crippen LogP contribution in [-0.2, 0) is 0 Å². The van der Waals surface area contributed by atoms with Gasteiger partial charge in [0, 0.05) is 24.2 Å². The van der Waals surface area contributed by atoms with Crippen LogP contribution in [0.15, 0.2) is 0 Å². The molecule has 2 rings (SSSR count). The number of aryl methyl sites for hydroxylation is 1. The number of rotatable bonds is 6. The van der Waals surface area contributed by atoms with E-state index in [0.29, 0.717) is 5.54 Å². The third-order valence-electron chi connectivity index (χ3n) is 4.42. The minimum Gasteiger partial charge on any atom is -0.370 e. The van der Waals surface area contributed by atoms with E-state index < -0.39 is 0 Å². The molecule has 0 aromatic carbocycles. The first-order valence-corrected chi connectivity index (χ1v) is 7.49. The Bertz CT molecular complexity index is 466. The average Bonchev–Trinajstić information content (AvgIpc) is 2.33. The molecule has 1 heterocycles. The van der Waals surface area contributed by atoms with E-state index in [1.807, 2.05) is 6.92 Å². The first-order valence-electron chi connectivity index (χ1n) is 7.49. The maximum atomic E-state index is 4.56. The summed E-state index contributed by atoms with van der Waals surface area (Å²) in [6.45, 7) is 7.92. The molecular weight excluding hydrogens is 250 g/mol. The highest BCUT2D eigenvalue weighted by Gasteiger charge is 2.38. The zero-order valence-corrected chi connectivity index (χ0v) is 13.4. The predicted molar refractivity (Wildman–Crippen MR) is 84.4 cm³/mol. The molecule has 1 aliphatic rings. The van der Waals surface area contributed by atoms with Crippen LogP contribution in [0.2, 0.25) is 0 Å². The fourth-order valence-electron chi connectivity index (χ4n) is 2.76. The molecule has 5 heteroatoms. The van der Waals surface area contributed by atoms with Gasteiger partial charge in [0.25, 0.3) is 0 Å². The van der Waals surface area contributed by atoms with E-state index in [1.54, 1.807) is 0 Å². The molecule has 0 spiro atoms. The summed E-state index contributed by atoms with van der Waals surface area (Å²) in [5, 5.41) is 6.85. The zero-order valence-electron chi connectivity index (χ0n) is 13.4. The van der Waals surface area contributed by atoms with E-state index in [0.717, 1.165) is 36.1 Å². The van der Waals surface area contributed by atoms with Crippen LogP contribution in [-0.4, -0.2) is 47.6 Å². The van der Waals surface area contributed by atoms with Gasteiger partial charge in [-0.15, -0.1) is 0 Å². The Morgan fingerprint density at radius 2 is 1.70 bits per heavy atom. The molecule has 0 saturated heterocycles. The van der Waals surface area contributed by atoms with Crippen LogP contribution < -0.4 is 10.6 Å². The minimum atomic E-state index is 0.295. The number of anilines is 2. The van der Waals surface area contributed by atoms with Crippen LogP contribution in [0.4, 0.5) is 11.6 Å². The molecule has 5 nitrogen and oxygen atoms in total. The van der Waals surface area contributed by atoms with Crippen molar-refractivity contribution in [1.29, 1.82) is 0 Å². The Kier molecular flexibility index (Phi) is 4.48. The molecule has 0 amide bonds. The van der Waals surface area contributed by atoms with Crippen molar-refractivity contribution in [3.63, 3.8) is 0 Å². The Labute approximate surface area is 122 Å². The zero-order chi connectivity index (χ0) is 14.8. The maximum Gasteiger partial charge on any atom is 0.134 e. The molecule has 0 radical (unpaired) electrons. The Morgan fingerprint density at radius 1 is 1.10 bits per heavy atom. The van der Waals surface area contributed by atoms with Crippen LogP contribution >= 0.6 is 0 Å². The third kappa shape index (κ3) is 2.87. The van der Waals surface area contributed by atoms with Gasteiger partial charge in [-0.2, -0.15) is 0 Å². The molecule has 0 aliphatic heterocycles. The van der Waals surface area contributed by atoms with E-state index >= 15 is 0 Å². The standard InChI is InChI=1S/C15H27N5/c1-6-16-13-11(2)14(19-12(3)18-13)17-10-15(20(4)5)8-7-9-15/h6-10H2,1-5H3,(H2,16,17,18,19). The monoisotopic (exact) mass is 277 g/mol. The lowest BCUT2D eigenvalue weighted by atomic mass is 9.75. The molecule has 1 fully saturated rings. The summed E-state index contributed by atoms with van der Waals surface area (Å²) in [5.41, 5.74) is 1.40.